The average molecular weight is 268 g/mol. The van der Waals surface area contributed by atoms with E-state index in [2.05, 4.69) is 10.3 Å². The Kier molecular flexibility index (Phi) is 3.24. The first-order chi connectivity index (χ1) is 9.65. The molecule has 1 aliphatic carbocycles. The lowest BCUT2D eigenvalue weighted by Gasteiger charge is -2.17. The molecule has 0 bridgehead atoms. The third-order valence-corrected chi connectivity index (χ3v) is 3.61. The first kappa shape index (κ1) is 12.8. The number of amides is 1. The van der Waals surface area contributed by atoms with Crippen LogP contribution in [0.25, 0.3) is 0 Å². The van der Waals surface area contributed by atoms with Crippen molar-refractivity contribution in [1.29, 1.82) is 0 Å². The number of nitrogens with one attached hydrogen (secondary N) is 1. The van der Waals surface area contributed by atoms with E-state index in [9.17, 15) is 9.90 Å². The van der Waals surface area contributed by atoms with Gasteiger partial charge in [0.05, 0.1) is 12.1 Å². The van der Waals surface area contributed by atoms with Crippen molar-refractivity contribution in [2.45, 2.75) is 25.5 Å². The molecule has 4 nitrogen and oxygen atoms in total. The van der Waals surface area contributed by atoms with Crippen molar-refractivity contribution in [3.05, 3.63) is 65.0 Å². The smallest absolute Gasteiger partial charge is 0.270 e. The number of hydrogen-bond acceptors (Lipinski definition) is 3. The summed E-state index contributed by atoms with van der Waals surface area (Å²) in [6, 6.07) is 12.7. The first-order valence-electron chi connectivity index (χ1n) is 6.65. The highest BCUT2D eigenvalue weighted by Crippen LogP contribution is 2.31. The van der Waals surface area contributed by atoms with Crippen LogP contribution in [-0.4, -0.2) is 22.1 Å². The summed E-state index contributed by atoms with van der Waals surface area (Å²) < 4.78 is 0. The Morgan fingerprint density at radius 1 is 1.25 bits per heavy atom. The van der Waals surface area contributed by atoms with Gasteiger partial charge in [-0.15, -0.1) is 0 Å². The van der Waals surface area contributed by atoms with E-state index >= 15 is 0 Å². The number of aromatic nitrogens is 1. The Labute approximate surface area is 117 Å². The van der Waals surface area contributed by atoms with Gasteiger partial charge in [-0.05, 0) is 30.2 Å². The average Bonchev–Trinajstić information content (AvgIpc) is 2.75. The highest BCUT2D eigenvalue weighted by molar-refractivity contribution is 5.92. The molecule has 1 heterocycles. The normalized spacial score (nSPS) is 20.5. The minimum absolute atomic E-state index is 0.255. The van der Waals surface area contributed by atoms with Crippen molar-refractivity contribution in [3.8, 4) is 0 Å². The second kappa shape index (κ2) is 5.06. The predicted octanol–water partition coefficient (Wildman–Crippen LogP) is 1.78. The van der Waals surface area contributed by atoms with E-state index in [1.807, 2.05) is 37.3 Å². The summed E-state index contributed by atoms with van der Waals surface area (Å²) in [6.07, 6.45) is -0.0105. The molecular formula is C16H16N2O2. The van der Waals surface area contributed by atoms with Crippen LogP contribution in [-0.2, 0) is 6.42 Å². The van der Waals surface area contributed by atoms with Gasteiger partial charge in [0, 0.05) is 12.1 Å². The molecule has 1 aliphatic rings. The number of aliphatic hydroxyl groups is 1. The number of carbonyl (C=O) groups is 1. The molecular weight excluding hydrogens is 252 g/mol. The van der Waals surface area contributed by atoms with Crippen LogP contribution in [0, 0.1) is 6.92 Å². The molecule has 0 fully saturated rings. The Balaban J connectivity index is 1.83. The fourth-order valence-electron chi connectivity index (χ4n) is 2.63. The quantitative estimate of drug-likeness (QED) is 0.872. The van der Waals surface area contributed by atoms with Gasteiger partial charge in [-0.1, -0.05) is 30.3 Å². The molecule has 0 unspecified atom stereocenters. The van der Waals surface area contributed by atoms with Crippen molar-refractivity contribution >= 4 is 5.91 Å². The summed E-state index contributed by atoms with van der Waals surface area (Å²) in [5.74, 6) is -0.255. The van der Waals surface area contributed by atoms with Crippen molar-refractivity contribution in [2.75, 3.05) is 0 Å². The molecule has 0 radical (unpaired) electrons. The van der Waals surface area contributed by atoms with Crippen LogP contribution in [0.5, 0.6) is 0 Å². The van der Waals surface area contributed by atoms with Crippen LogP contribution in [0.15, 0.2) is 42.5 Å². The van der Waals surface area contributed by atoms with Crippen molar-refractivity contribution in [1.82, 2.24) is 10.3 Å². The molecule has 0 saturated carbocycles. The molecule has 20 heavy (non-hydrogen) atoms. The largest absolute Gasteiger partial charge is 0.390 e. The lowest BCUT2D eigenvalue weighted by Crippen LogP contribution is -2.34. The fourth-order valence-corrected chi connectivity index (χ4v) is 2.63. The molecule has 2 N–H and O–H groups in total. The number of carbonyl (C=O) groups excluding carboxylic acids is 1. The van der Waals surface area contributed by atoms with Gasteiger partial charge in [0.25, 0.3) is 5.91 Å². The van der Waals surface area contributed by atoms with Crippen LogP contribution in [0.4, 0.5) is 0 Å². The Bertz CT molecular complexity index is 654. The third-order valence-electron chi connectivity index (χ3n) is 3.61. The maximum Gasteiger partial charge on any atom is 0.270 e. The van der Waals surface area contributed by atoms with Gasteiger partial charge in [-0.25, -0.2) is 4.98 Å². The van der Waals surface area contributed by atoms with Crippen LogP contribution in [0.3, 0.4) is 0 Å². The van der Waals surface area contributed by atoms with Crippen LogP contribution in [0.2, 0.25) is 0 Å². The Hall–Kier alpha value is -2.20. The van der Waals surface area contributed by atoms with Crippen LogP contribution in [0.1, 0.15) is 33.4 Å². The lowest BCUT2D eigenvalue weighted by molar-refractivity contribution is 0.0853. The topological polar surface area (TPSA) is 62.2 Å². The number of nitrogens with zero attached hydrogens (tertiary/aromatic N) is 1. The summed E-state index contributed by atoms with van der Waals surface area (Å²) in [7, 11) is 0. The molecule has 1 aromatic carbocycles. The monoisotopic (exact) mass is 268 g/mol. The summed E-state index contributed by atoms with van der Waals surface area (Å²) in [5.41, 5.74) is 3.25. The number of aliphatic hydroxyl groups excluding tert-OH is 1. The van der Waals surface area contributed by atoms with E-state index in [0.717, 1.165) is 16.8 Å². The van der Waals surface area contributed by atoms with E-state index in [-0.39, 0.29) is 11.9 Å². The lowest BCUT2D eigenvalue weighted by atomic mass is 10.1. The van der Waals surface area contributed by atoms with Gasteiger partial charge in [0.15, 0.2) is 0 Å². The molecule has 2 atom stereocenters. The van der Waals surface area contributed by atoms with Crippen LogP contribution < -0.4 is 5.32 Å². The van der Waals surface area contributed by atoms with Crippen molar-refractivity contribution < 1.29 is 9.90 Å². The van der Waals surface area contributed by atoms with Gasteiger partial charge in [-0.3, -0.25) is 4.79 Å². The third kappa shape index (κ3) is 2.30. The number of benzene rings is 1. The maximum absolute atomic E-state index is 12.2. The van der Waals surface area contributed by atoms with Gasteiger partial charge in [-0.2, -0.15) is 0 Å². The van der Waals surface area contributed by atoms with Gasteiger partial charge >= 0.3 is 0 Å². The number of pyridine rings is 1. The van der Waals surface area contributed by atoms with Gasteiger partial charge in [0.1, 0.15) is 5.69 Å². The van der Waals surface area contributed by atoms with Crippen molar-refractivity contribution in [3.63, 3.8) is 0 Å². The minimum atomic E-state index is -0.582. The Morgan fingerprint density at radius 3 is 2.85 bits per heavy atom. The number of aryl methyl sites for hydroxylation is 1. The van der Waals surface area contributed by atoms with E-state index < -0.39 is 6.10 Å². The zero-order valence-corrected chi connectivity index (χ0v) is 11.2. The highest BCUT2D eigenvalue weighted by Gasteiger charge is 2.32. The number of hydrogen-bond donors (Lipinski definition) is 2. The molecule has 0 spiro atoms. The van der Waals surface area contributed by atoms with E-state index in [4.69, 9.17) is 0 Å². The van der Waals surface area contributed by atoms with E-state index in [1.165, 1.54) is 0 Å². The molecule has 1 amide bonds. The second-order valence-corrected chi connectivity index (χ2v) is 5.09. The molecule has 3 rings (SSSR count). The van der Waals surface area contributed by atoms with Gasteiger partial charge in [0.2, 0.25) is 0 Å². The molecule has 0 aliphatic heterocycles. The van der Waals surface area contributed by atoms with Crippen LogP contribution >= 0.6 is 0 Å². The Morgan fingerprint density at radius 2 is 2.05 bits per heavy atom. The standard InChI is InChI=1S/C16H16N2O2/c1-10-5-4-8-13(17-10)16(20)18-15-12-7-3-2-6-11(12)9-14(15)19/h2-8,14-15,19H,9H2,1H3,(H,18,20)/t14-,15+/m1/s1. The number of rotatable bonds is 2. The SMILES string of the molecule is Cc1cccc(C(=O)N[C@H]2c3ccccc3C[C@H]2O)n1. The second-order valence-electron chi connectivity index (χ2n) is 5.09. The minimum Gasteiger partial charge on any atom is -0.390 e. The molecule has 102 valence electrons. The summed E-state index contributed by atoms with van der Waals surface area (Å²) in [6.45, 7) is 1.84. The highest BCUT2D eigenvalue weighted by atomic mass is 16.3. The van der Waals surface area contributed by atoms with Crippen molar-refractivity contribution in [2.24, 2.45) is 0 Å². The molecule has 0 saturated heterocycles. The zero-order valence-electron chi connectivity index (χ0n) is 11.2. The molecule has 2 aromatic rings. The number of fused-ring (bicyclic) bond motifs is 1. The van der Waals surface area contributed by atoms with Gasteiger partial charge < -0.3 is 10.4 Å². The summed E-state index contributed by atoms with van der Waals surface area (Å²) in [4.78, 5) is 16.4. The summed E-state index contributed by atoms with van der Waals surface area (Å²) in [5, 5.41) is 13.0. The maximum atomic E-state index is 12.2. The van der Waals surface area contributed by atoms with E-state index in [1.54, 1.807) is 12.1 Å². The molecule has 4 heteroatoms. The summed E-state index contributed by atoms with van der Waals surface area (Å²) >= 11 is 0. The van der Waals surface area contributed by atoms with E-state index in [0.29, 0.717) is 12.1 Å². The predicted molar refractivity (Wildman–Crippen MR) is 75.3 cm³/mol. The first-order valence-corrected chi connectivity index (χ1v) is 6.65. The fraction of sp³-hybridized carbons (Fsp3) is 0.250. The zero-order chi connectivity index (χ0) is 14.1. The molecule has 1 aromatic heterocycles.